The summed E-state index contributed by atoms with van der Waals surface area (Å²) in [4.78, 5) is 13.9. The van der Waals surface area contributed by atoms with Crippen LogP contribution in [0.2, 0.25) is 0 Å². The Labute approximate surface area is 164 Å². The number of anilines is 1. The van der Waals surface area contributed by atoms with E-state index in [-0.39, 0.29) is 5.82 Å². The van der Waals surface area contributed by atoms with Gasteiger partial charge in [-0.05, 0) is 46.1 Å². The summed E-state index contributed by atoms with van der Waals surface area (Å²) in [5, 5.41) is 3.95. The van der Waals surface area contributed by atoms with Crippen molar-refractivity contribution in [1.29, 1.82) is 0 Å². The van der Waals surface area contributed by atoms with Gasteiger partial charge in [-0.15, -0.1) is 0 Å². The van der Waals surface area contributed by atoms with Gasteiger partial charge in [-0.25, -0.2) is 19.0 Å². The van der Waals surface area contributed by atoms with E-state index in [9.17, 15) is 4.39 Å². The molecule has 138 valence electrons. The van der Waals surface area contributed by atoms with Crippen molar-refractivity contribution in [1.82, 2.24) is 24.6 Å². The summed E-state index contributed by atoms with van der Waals surface area (Å²) in [5.74, 6) is 1.31. The van der Waals surface area contributed by atoms with Gasteiger partial charge in [-0.3, -0.25) is 4.90 Å². The highest BCUT2D eigenvalue weighted by Crippen LogP contribution is 2.35. The Morgan fingerprint density at radius 2 is 1.78 bits per heavy atom. The molecule has 0 aliphatic carbocycles. The van der Waals surface area contributed by atoms with E-state index in [4.69, 9.17) is 0 Å². The summed E-state index contributed by atoms with van der Waals surface area (Å²) in [5.41, 5.74) is 1.16. The Hall–Kier alpha value is -2.32. The van der Waals surface area contributed by atoms with Crippen LogP contribution in [-0.2, 0) is 6.54 Å². The topological polar surface area (TPSA) is 50.1 Å². The number of aromatic nitrogens is 4. The SMILES string of the molecule is Fc1cnn(-c2ccc(CN3C4CC3CN(c3ccc(Br)cn3)C4)cn2)c1. The van der Waals surface area contributed by atoms with E-state index < -0.39 is 0 Å². The maximum Gasteiger partial charge on any atom is 0.161 e. The minimum atomic E-state index is -0.362. The van der Waals surface area contributed by atoms with Gasteiger partial charge < -0.3 is 4.90 Å². The van der Waals surface area contributed by atoms with Crippen LogP contribution in [0.1, 0.15) is 12.0 Å². The molecule has 0 aromatic carbocycles. The van der Waals surface area contributed by atoms with E-state index >= 15 is 0 Å². The molecule has 8 heteroatoms. The van der Waals surface area contributed by atoms with Crippen molar-refractivity contribution in [3.63, 3.8) is 0 Å². The van der Waals surface area contributed by atoms with Crippen molar-refractivity contribution in [3.8, 4) is 5.82 Å². The van der Waals surface area contributed by atoms with Crippen LogP contribution in [0, 0.1) is 5.82 Å². The number of piperidine rings is 1. The van der Waals surface area contributed by atoms with Gasteiger partial charge in [0.15, 0.2) is 11.6 Å². The van der Waals surface area contributed by atoms with Crippen LogP contribution in [-0.4, -0.2) is 49.8 Å². The monoisotopic (exact) mass is 428 g/mol. The third kappa shape index (κ3) is 3.23. The lowest BCUT2D eigenvalue weighted by molar-refractivity contribution is -0.00875. The van der Waals surface area contributed by atoms with Gasteiger partial charge in [-0.2, -0.15) is 5.10 Å². The van der Waals surface area contributed by atoms with E-state index in [1.54, 1.807) is 0 Å². The minimum absolute atomic E-state index is 0.362. The van der Waals surface area contributed by atoms with Gasteiger partial charge in [0.05, 0.1) is 12.4 Å². The second kappa shape index (κ2) is 6.69. The maximum atomic E-state index is 13.1. The molecule has 6 heterocycles. The van der Waals surface area contributed by atoms with Crippen molar-refractivity contribution < 1.29 is 4.39 Å². The first-order valence-corrected chi connectivity index (χ1v) is 9.73. The van der Waals surface area contributed by atoms with E-state index in [1.807, 2.05) is 30.6 Å². The van der Waals surface area contributed by atoms with Crippen LogP contribution in [0.3, 0.4) is 0 Å². The van der Waals surface area contributed by atoms with Crippen LogP contribution < -0.4 is 4.90 Å². The fourth-order valence-corrected chi connectivity index (χ4v) is 4.20. The molecule has 0 amide bonds. The van der Waals surface area contributed by atoms with Crippen molar-refractivity contribution in [2.24, 2.45) is 0 Å². The van der Waals surface area contributed by atoms with Crippen molar-refractivity contribution in [2.75, 3.05) is 18.0 Å². The lowest BCUT2D eigenvalue weighted by Crippen LogP contribution is -2.68. The largest absolute Gasteiger partial charge is 0.353 e. The van der Waals surface area contributed by atoms with E-state index in [2.05, 4.69) is 46.9 Å². The molecule has 2 atom stereocenters. The molecule has 2 bridgehead atoms. The first-order chi connectivity index (χ1) is 13.2. The summed E-state index contributed by atoms with van der Waals surface area (Å²) in [6.45, 7) is 2.89. The highest BCUT2D eigenvalue weighted by molar-refractivity contribution is 9.10. The maximum absolute atomic E-state index is 13.1. The molecule has 0 radical (unpaired) electrons. The lowest BCUT2D eigenvalue weighted by atomic mass is 9.87. The quantitative estimate of drug-likeness (QED) is 0.639. The molecule has 0 N–H and O–H groups in total. The Morgan fingerprint density at radius 3 is 2.41 bits per heavy atom. The second-order valence-corrected chi connectivity index (χ2v) is 8.00. The predicted octanol–water partition coefficient (Wildman–Crippen LogP) is 3.03. The average Bonchev–Trinajstić information content (AvgIpc) is 3.13. The van der Waals surface area contributed by atoms with Gasteiger partial charge >= 0.3 is 0 Å². The number of hydrogen-bond donors (Lipinski definition) is 0. The normalized spacial score (nSPS) is 21.9. The van der Waals surface area contributed by atoms with Gasteiger partial charge in [0.1, 0.15) is 5.82 Å². The molecular formula is C19H18BrFN6. The van der Waals surface area contributed by atoms with Crippen LogP contribution >= 0.6 is 15.9 Å². The Balaban J connectivity index is 1.23. The standard InChI is InChI=1S/C19H18BrFN6/c20-14-2-4-18(23-7-14)25-11-16-5-17(12-25)26(16)9-13-1-3-19(22-6-13)27-10-15(21)8-24-27/h1-4,6-8,10,16-17H,5,9,11-12H2. The fourth-order valence-electron chi connectivity index (χ4n) is 3.97. The van der Waals surface area contributed by atoms with Crippen molar-refractivity contribution in [2.45, 2.75) is 25.0 Å². The number of nitrogens with zero attached hydrogens (tertiary/aromatic N) is 6. The summed E-state index contributed by atoms with van der Waals surface area (Å²) in [7, 11) is 0. The van der Waals surface area contributed by atoms with Crippen LogP contribution in [0.4, 0.5) is 10.2 Å². The third-order valence-corrected chi connectivity index (χ3v) is 5.81. The molecule has 3 aromatic heterocycles. The molecule has 6 rings (SSSR count). The highest BCUT2D eigenvalue weighted by atomic mass is 79.9. The van der Waals surface area contributed by atoms with Crippen LogP contribution in [0.25, 0.3) is 5.82 Å². The molecule has 6 nitrogen and oxygen atoms in total. The van der Waals surface area contributed by atoms with Crippen LogP contribution in [0.5, 0.6) is 0 Å². The van der Waals surface area contributed by atoms with Gasteiger partial charge in [0, 0.05) is 48.6 Å². The Kier molecular flexibility index (Phi) is 4.17. The first kappa shape index (κ1) is 16.8. The summed E-state index contributed by atoms with van der Waals surface area (Å²) in [6, 6.07) is 9.14. The molecule has 3 aliphatic rings. The lowest BCUT2D eigenvalue weighted by Gasteiger charge is -2.56. The molecule has 27 heavy (non-hydrogen) atoms. The van der Waals surface area contributed by atoms with Crippen molar-refractivity contribution >= 4 is 21.7 Å². The van der Waals surface area contributed by atoms with E-state index in [1.165, 1.54) is 23.5 Å². The average molecular weight is 429 g/mol. The number of piperazine rings is 1. The highest BCUT2D eigenvalue weighted by Gasteiger charge is 2.44. The van der Waals surface area contributed by atoms with E-state index in [0.29, 0.717) is 17.9 Å². The molecule has 3 fully saturated rings. The first-order valence-electron chi connectivity index (χ1n) is 8.93. The molecule has 3 saturated heterocycles. The zero-order valence-corrected chi connectivity index (χ0v) is 16.1. The van der Waals surface area contributed by atoms with Gasteiger partial charge in [-0.1, -0.05) is 6.07 Å². The Bertz CT molecular complexity index is 930. The number of hydrogen-bond acceptors (Lipinski definition) is 5. The fraction of sp³-hybridized carbons (Fsp3) is 0.316. The zero-order chi connectivity index (χ0) is 18.4. The zero-order valence-electron chi connectivity index (χ0n) is 14.5. The molecular weight excluding hydrogens is 411 g/mol. The molecule has 3 aliphatic heterocycles. The Morgan fingerprint density at radius 1 is 1.00 bits per heavy atom. The number of pyridine rings is 2. The molecule has 2 unspecified atom stereocenters. The number of fused-ring (bicyclic) bond motifs is 2. The molecule has 0 saturated carbocycles. The van der Waals surface area contributed by atoms with E-state index in [0.717, 1.165) is 35.5 Å². The summed E-state index contributed by atoms with van der Waals surface area (Å²) >= 11 is 3.44. The smallest absolute Gasteiger partial charge is 0.161 e. The number of rotatable bonds is 4. The predicted molar refractivity (Wildman–Crippen MR) is 103 cm³/mol. The van der Waals surface area contributed by atoms with Crippen molar-refractivity contribution in [3.05, 3.63) is 64.9 Å². The van der Waals surface area contributed by atoms with Gasteiger partial charge in [0.25, 0.3) is 0 Å². The van der Waals surface area contributed by atoms with Crippen LogP contribution in [0.15, 0.2) is 53.5 Å². The second-order valence-electron chi connectivity index (χ2n) is 7.08. The summed E-state index contributed by atoms with van der Waals surface area (Å²) < 4.78 is 15.5. The summed E-state index contributed by atoms with van der Waals surface area (Å²) in [6.07, 6.45) is 7.46. The third-order valence-electron chi connectivity index (χ3n) is 5.34. The van der Waals surface area contributed by atoms with Gasteiger partial charge in [0.2, 0.25) is 0 Å². The number of halogens is 2. The molecule has 3 aromatic rings. The minimum Gasteiger partial charge on any atom is -0.353 e. The molecule has 0 spiro atoms.